The zero-order valence-corrected chi connectivity index (χ0v) is 21.2. The van der Waals surface area contributed by atoms with Gasteiger partial charge in [-0.3, -0.25) is 4.79 Å². The van der Waals surface area contributed by atoms with Gasteiger partial charge in [0.2, 0.25) is 5.91 Å². The minimum atomic E-state index is -0.213. The van der Waals surface area contributed by atoms with E-state index in [1.807, 2.05) is 43.5 Å². The highest BCUT2D eigenvalue weighted by molar-refractivity contribution is 6.03. The molecule has 1 aliphatic rings. The maximum absolute atomic E-state index is 12.8. The summed E-state index contributed by atoms with van der Waals surface area (Å²) < 4.78 is 11.2. The molecule has 0 radical (unpaired) electrons. The first kappa shape index (κ1) is 25.6. The number of ether oxygens (including phenoxy) is 2. The maximum atomic E-state index is 12.8. The van der Waals surface area contributed by atoms with Gasteiger partial charge in [0.25, 0.3) is 0 Å². The summed E-state index contributed by atoms with van der Waals surface area (Å²) in [6.45, 7) is 4.82. The lowest BCUT2D eigenvalue weighted by molar-refractivity contribution is -0.111. The van der Waals surface area contributed by atoms with Crippen molar-refractivity contribution in [2.45, 2.75) is 25.8 Å². The predicted molar refractivity (Wildman–Crippen MR) is 143 cm³/mol. The van der Waals surface area contributed by atoms with Crippen LogP contribution in [0.3, 0.4) is 0 Å². The van der Waals surface area contributed by atoms with E-state index >= 15 is 0 Å². The molecule has 1 heterocycles. The van der Waals surface area contributed by atoms with Gasteiger partial charge < -0.3 is 25.0 Å². The van der Waals surface area contributed by atoms with E-state index in [2.05, 4.69) is 44.6 Å². The number of carbonyl (C=O) groups excluding carboxylic acids is 1. The third-order valence-electron chi connectivity index (χ3n) is 6.18. The quantitative estimate of drug-likeness (QED) is 0.338. The molecule has 1 aromatic heterocycles. The fourth-order valence-electron chi connectivity index (χ4n) is 3.79. The van der Waals surface area contributed by atoms with Gasteiger partial charge in [-0.25, -0.2) is 9.97 Å². The third kappa shape index (κ3) is 7.26. The molecular weight excluding hydrogens is 454 g/mol. The predicted octanol–water partition coefficient (Wildman–Crippen LogP) is 4.66. The van der Waals surface area contributed by atoms with Gasteiger partial charge >= 0.3 is 0 Å². The van der Waals surface area contributed by atoms with E-state index < -0.39 is 0 Å². The van der Waals surface area contributed by atoms with Gasteiger partial charge in [-0.05, 0) is 44.4 Å². The van der Waals surface area contributed by atoms with Crippen molar-refractivity contribution >= 4 is 28.3 Å². The van der Waals surface area contributed by atoms with Crippen LogP contribution in [0.2, 0.25) is 0 Å². The van der Waals surface area contributed by atoms with E-state index in [9.17, 15) is 4.79 Å². The van der Waals surface area contributed by atoms with E-state index in [0.29, 0.717) is 42.9 Å². The number of likely N-dealkylation sites (N-methyl/N-ethyl adjacent to an activating group) is 1. The van der Waals surface area contributed by atoms with Crippen molar-refractivity contribution in [1.82, 2.24) is 14.9 Å². The monoisotopic (exact) mass is 489 g/mol. The molecule has 3 aromatic rings. The number of carbonyl (C=O) groups is 1. The van der Waals surface area contributed by atoms with Gasteiger partial charge in [-0.15, -0.1) is 0 Å². The van der Waals surface area contributed by atoms with Gasteiger partial charge in [-0.1, -0.05) is 36.4 Å². The minimum absolute atomic E-state index is 0.0474. The molecule has 0 aliphatic heterocycles. The summed E-state index contributed by atoms with van der Waals surface area (Å²) in [6, 6.07) is 14.0. The second kappa shape index (κ2) is 12.5. The van der Waals surface area contributed by atoms with Gasteiger partial charge in [0, 0.05) is 43.8 Å². The molecule has 8 heteroatoms. The maximum Gasteiger partial charge on any atom is 0.248 e. The highest BCUT2D eigenvalue weighted by atomic mass is 16.5. The lowest BCUT2D eigenvalue weighted by Crippen LogP contribution is -2.23. The lowest BCUT2D eigenvalue weighted by atomic mass is 10.1. The molecular formula is C28H35N5O3. The number of fused-ring (bicyclic) bond motifs is 1. The fourth-order valence-corrected chi connectivity index (χ4v) is 3.79. The summed E-state index contributed by atoms with van der Waals surface area (Å²) >= 11 is 0. The number of anilines is 2. The number of hydrogen-bond acceptors (Lipinski definition) is 7. The SMILES string of the molecule is COCCN(C)CC=CC(=O)Nc1cc2c(N[C@H](C)c3ccccc3)ncnc2cc1OCC1CC1. The minimum Gasteiger partial charge on any atom is -0.491 e. The second-order valence-electron chi connectivity index (χ2n) is 9.27. The highest BCUT2D eigenvalue weighted by Crippen LogP contribution is 2.36. The van der Waals surface area contributed by atoms with Crippen molar-refractivity contribution in [3.05, 3.63) is 66.5 Å². The first-order chi connectivity index (χ1) is 17.5. The Morgan fingerprint density at radius 2 is 2.03 bits per heavy atom. The van der Waals surface area contributed by atoms with E-state index in [1.54, 1.807) is 19.5 Å². The molecule has 0 spiro atoms. The Morgan fingerprint density at radius 3 is 2.78 bits per heavy atom. The number of methoxy groups -OCH3 is 1. The first-order valence-electron chi connectivity index (χ1n) is 12.4. The molecule has 0 bridgehead atoms. The molecule has 2 N–H and O–H groups in total. The lowest BCUT2D eigenvalue weighted by Gasteiger charge is -2.18. The highest BCUT2D eigenvalue weighted by Gasteiger charge is 2.23. The molecule has 8 nitrogen and oxygen atoms in total. The van der Waals surface area contributed by atoms with Crippen LogP contribution in [0.4, 0.5) is 11.5 Å². The third-order valence-corrected chi connectivity index (χ3v) is 6.18. The van der Waals surface area contributed by atoms with Crippen molar-refractivity contribution < 1.29 is 14.3 Å². The van der Waals surface area contributed by atoms with Crippen molar-refractivity contribution in [3.8, 4) is 5.75 Å². The molecule has 1 atom stereocenters. The zero-order chi connectivity index (χ0) is 25.3. The standard InChI is InChI=1S/C28H35N5O3/c1-20(22-8-5-4-6-9-22)31-28-23-16-25(32-27(34)10-7-13-33(2)14-15-35-3)26(36-18-21-11-12-21)17-24(23)29-19-30-28/h4-10,16-17,19-21H,11-15,18H2,1-3H3,(H,32,34)(H,29,30,31)/t20-/m1/s1. The smallest absolute Gasteiger partial charge is 0.248 e. The fraction of sp³-hybridized carbons (Fsp3) is 0.393. The summed E-state index contributed by atoms with van der Waals surface area (Å²) in [6.07, 6.45) is 7.31. The van der Waals surface area contributed by atoms with Crippen LogP contribution in [-0.2, 0) is 9.53 Å². The van der Waals surface area contributed by atoms with Crippen LogP contribution in [0.1, 0.15) is 31.4 Å². The normalized spacial score (nSPS) is 14.3. The average molecular weight is 490 g/mol. The topological polar surface area (TPSA) is 88.6 Å². The van der Waals surface area contributed by atoms with Crippen molar-refractivity contribution in [1.29, 1.82) is 0 Å². The van der Waals surface area contributed by atoms with E-state index in [0.717, 1.165) is 23.0 Å². The van der Waals surface area contributed by atoms with E-state index in [-0.39, 0.29) is 11.9 Å². The molecule has 1 fully saturated rings. The Balaban J connectivity index is 1.55. The van der Waals surface area contributed by atoms with Crippen molar-refractivity contribution in [3.63, 3.8) is 0 Å². The Labute approximate surface area is 212 Å². The largest absolute Gasteiger partial charge is 0.491 e. The van der Waals surface area contributed by atoms with Crippen LogP contribution < -0.4 is 15.4 Å². The summed E-state index contributed by atoms with van der Waals surface area (Å²) in [4.78, 5) is 23.8. The molecule has 1 saturated carbocycles. The molecule has 190 valence electrons. The summed E-state index contributed by atoms with van der Waals surface area (Å²) in [5, 5.41) is 7.31. The molecule has 1 amide bonds. The average Bonchev–Trinajstić information content (AvgIpc) is 3.71. The van der Waals surface area contributed by atoms with Crippen LogP contribution in [0.25, 0.3) is 10.9 Å². The van der Waals surface area contributed by atoms with Crippen LogP contribution in [0, 0.1) is 5.92 Å². The van der Waals surface area contributed by atoms with Crippen LogP contribution >= 0.6 is 0 Å². The molecule has 1 aliphatic carbocycles. The molecule has 0 unspecified atom stereocenters. The molecule has 4 rings (SSSR count). The number of aromatic nitrogens is 2. The van der Waals surface area contributed by atoms with E-state index in [4.69, 9.17) is 9.47 Å². The van der Waals surface area contributed by atoms with E-state index in [1.165, 1.54) is 12.8 Å². The number of nitrogens with one attached hydrogen (secondary N) is 2. The Bertz CT molecular complexity index is 1180. The van der Waals surface area contributed by atoms with Crippen LogP contribution in [0.5, 0.6) is 5.75 Å². The Morgan fingerprint density at radius 1 is 1.22 bits per heavy atom. The molecule has 2 aromatic carbocycles. The summed E-state index contributed by atoms with van der Waals surface area (Å²) in [5.74, 6) is 1.70. The van der Waals surface area contributed by atoms with Crippen LogP contribution in [0.15, 0.2) is 60.9 Å². The van der Waals surface area contributed by atoms with Gasteiger partial charge in [0.1, 0.15) is 17.9 Å². The second-order valence-corrected chi connectivity index (χ2v) is 9.27. The first-order valence-corrected chi connectivity index (χ1v) is 12.4. The number of nitrogens with zero attached hydrogens (tertiary/aromatic N) is 3. The Hall–Kier alpha value is -3.49. The van der Waals surface area contributed by atoms with Gasteiger partial charge in [0.15, 0.2) is 0 Å². The zero-order valence-electron chi connectivity index (χ0n) is 21.2. The van der Waals surface area contributed by atoms with Crippen molar-refractivity contribution in [2.24, 2.45) is 5.92 Å². The number of hydrogen-bond donors (Lipinski definition) is 2. The van der Waals surface area contributed by atoms with Crippen molar-refractivity contribution in [2.75, 3.05) is 51.1 Å². The van der Waals surface area contributed by atoms with Gasteiger partial charge in [-0.2, -0.15) is 0 Å². The van der Waals surface area contributed by atoms with Crippen LogP contribution in [-0.4, -0.2) is 61.2 Å². The number of rotatable bonds is 13. The molecule has 36 heavy (non-hydrogen) atoms. The summed E-state index contributed by atoms with van der Waals surface area (Å²) in [7, 11) is 3.66. The number of amides is 1. The Kier molecular flexibility index (Phi) is 8.86. The molecule has 0 saturated heterocycles. The summed E-state index contributed by atoms with van der Waals surface area (Å²) in [5.41, 5.74) is 2.52. The van der Waals surface area contributed by atoms with Gasteiger partial charge in [0.05, 0.1) is 24.4 Å². The number of benzene rings is 2.